The highest BCUT2D eigenvalue weighted by molar-refractivity contribution is 7.18. The van der Waals surface area contributed by atoms with Gasteiger partial charge in [-0.25, -0.2) is 9.97 Å². The number of hydrogen-bond donors (Lipinski definition) is 1. The number of nitrogens with zero attached hydrogens (tertiary/aromatic N) is 6. The molecule has 0 aliphatic carbocycles. The van der Waals surface area contributed by atoms with Crippen LogP contribution in [0.5, 0.6) is 0 Å². The minimum absolute atomic E-state index is 0.180. The number of nitrogens with two attached hydrogens (primary N) is 1. The van der Waals surface area contributed by atoms with Gasteiger partial charge in [0.15, 0.2) is 16.8 Å². The molecule has 2 aliphatic heterocycles. The maximum Gasteiger partial charge on any atom is 0.276 e. The molecule has 2 aliphatic rings. The fourth-order valence-electron chi connectivity index (χ4n) is 5.97. The molecule has 0 spiro atoms. The number of nitrogen functional groups attached to an aromatic ring is 1. The normalized spacial score (nSPS) is 13.9. The van der Waals surface area contributed by atoms with Crippen molar-refractivity contribution in [2.24, 2.45) is 0 Å². The Kier molecular flexibility index (Phi) is 7.14. The lowest BCUT2D eigenvalue weighted by Gasteiger charge is -2.27. The van der Waals surface area contributed by atoms with Crippen molar-refractivity contribution in [2.45, 2.75) is 6.54 Å². The minimum Gasteiger partial charge on any atom is -0.375 e. The van der Waals surface area contributed by atoms with Crippen LogP contribution in [0, 0.1) is 0 Å². The second-order valence-electron chi connectivity index (χ2n) is 10.9. The predicted molar refractivity (Wildman–Crippen MR) is 191 cm³/mol. The lowest BCUT2D eigenvalue weighted by atomic mass is 10.1. The third-order valence-electron chi connectivity index (χ3n) is 8.10. The van der Waals surface area contributed by atoms with Crippen LogP contribution in [-0.2, 0) is 6.54 Å². The maximum absolute atomic E-state index is 14.1. The second-order valence-corrected chi connectivity index (χ2v) is 13.7. The first kappa shape index (κ1) is 29.5. The first-order valence-corrected chi connectivity index (χ1v) is 16.9. The van der Waals surface area contributed by atoms with E-state index in [-0.39, 0.29) is 11.8 Å². The zero-order valence-corrected chi connectivity index (χ0v) is 27.7. The van der Waals surface area contributed by atoms with Gasteiger partial charge in [0.1, 0.15) is 9.75 Å². The molecule has 2 amide bonds. The van der Waals surface area contributed by atoms with Gasteiger partial charge in [0.25, 0.3) is 11.8 Å². The van der Waals surface area contributed by atoms with Crippen molar-refractivity contribution in [1.29, 1.82) is 0 Å². The zero-order chi connectivity index (χ0) is 32.4. The van der Waals surface area contributed by atoms with Crippen molar-refractivity contribution >= 4 is 109 Å². The number of anilines is 9. The summed E-state index contributed by atoms with van der Waals surface area (Å²) in [5, 5.41) is 1.33. The SMILES string of the molecule is CN1c2ccc(Cl)cc2N(c2ccc(CN3c4ccc(Cl)cc4N(c4ccccc4)C(=O)c4scnc43)cc2)C(=O)c2sc(N)nc21. The van der Waals surface area contributed by atoms with E-state index in [9.17, 15) is 9.59 Å². The van der Waals surface area contributed by atoms with E-state index in [1.807, 2.05) is 89.6 Å². The summed E-state index contributed by atoms with van der Waals surface area (Å²) in [5.41, 5.74) is 12.9. The Labute approximate surface area is 287 Å². The first-order chi connectivity index (χ1) is 22.8. The fourth-order valence-corrected chi connectivity index (χ4v) is 7.81. The number of fused-ring (bicyclic) bond motifs is 4. The number of hydrogen-bond acceptors (Lipinski definition) is 9. The Morgan fingerprint density at radius 3 is 2.04 bits per heavy atom. The molecule has 0 atom stereocenters. The molecule has 4 heterocycles. The van der Waals surface area contributed by atoms with Crippen LogP contribution in [0.15, 0.2) is 96.5 Å². The predicted octanol–water partition coefficient (Wildman–Crippen LogP) is 9.18. The average molecular weight is 697 g/mol. The monoisotopic (exact) mass is 695 g/mol. The minimum atomic E-state index is -0.250. The Morgan fingerprint density at radius 1 is 0.723 bits per heavy atom. The number of thiazole rings is 2. The van der Waals surface area contributed by atoms with E-state index in [4.69, 9.17) is 28.9 Å². The van der Waals surface area contributed by atoms with Crippen LogP contribution in [0.4, 0.5) is 50.9 Å². The number of carbonyl (C=O) groups is 2. The molecule has 8 rings (SSSR count). The van der Waals surface area contributed by atoms with Gasteiger partial charge < -0.3 is 15.5 Å². The number of amides is 2. The van der Waals surface area contributed by atoms with Crippen LogP contribution in [-0.4, -0.2) is 28.8 Å². The van der Waals surface area contributed by atoms with E-state index < -0.39 is 0 Å². The molecule has 13 heteroatoms. The average Bonchev–Trinajstić information content (AvgIpc) is 3.69. The van der Waals surface area contributed by atoms with Gasteiger partial charge in [-0.2, -0.15) is 0 Å². The van der Waals surface area contributed by atoms with Crippen LogP contribution in [0.1, 0.15) is 24.9 Å². The van der Waals surface area contributed by atoms with E-state index in [1.165, 1.54) is 11.3 Å². The summed E-state index contributed by atoms with van der Waals surface area (Å²) >= 11 is 15.4. The van der Waals surface area contributed by atoms with E-state index in [1.54, 1.807) is 33.5 Å². The zero-order valence-electron chi connectivity index (χ0n) is 24.6. The number of para-hydroxylation sites is 1. The Morgan fingerprint density at radius 2 is 1.34 bits per heavy atom. The van der Waals surface area contributed by atoms with E-state index >= 15 is 0 Å². The first-order valence-electron chi connectivity index (χ1n) is 14.4. The highest BCUT2D eigenvalue weighted by atomic mass is 35.5. The molecule has 47 heavy (non-hydrogen) atoms. The molecule has 9 nitrogen and oxygen atoms in total. The third kappa shape index (κ3) is 4.90. The Balaban J connectivity index is 1.20. The summed E-state index contributed by atoms with van der Waals surface area (Å²) in [6, 6.07) is 28.2. The highest BCUT2D eigenvalue weighted by Crippen LogP contribution is 2.48. The van der Waals surface area contributed by atoms with Gasteiger partial charge in [0.2, 0.25) is 0 Å². The molecule has 4 aromatic carbocycles. The van der Waals surface area contributed by atoms with Gasteiger partial charge in [-0.05, 0) is 66.2 Å². The second kappa shape index (κ2) is 11.4. The van der Waals surface area contributed by atoms with Gasteiger partial charge >= 0.3 is 0 Å². The summed E-state index contributed by atoms with van der Waals surface area (Å²) in [5.74, 6) is 0.633. The number of rotatable bonds is 4. The van der Waals surface area contributed by atoms with Crippen molar-refractivity contribution in [3.63, 3.8) is 0 Å². The fraction of sp³-hybridized carbons (Fsp3) is 0.0588. The Bertz CT molecular complexity index is 2200. The van der Waals surface area contributed by atoms with Gasteiger partial charge in [-0.1, -0.05) is 64.9 Å². The summed E-state index contributed by atoms with van der Waals surface area (Å²) in [6.45, 7) is 0.399. The molecule has 0 saturated heterocycles. The standard InChI is InChI=1S/C34H23Cl2N7O2S2/c1-40-24-13-9-20(35)15-26(24)43(33(45)29-31(40)39-34(37)47-29)23-11-7-19(8-12-23)17-41-25-14-10-21(36)16-27(25)42(22-5-3-2-4-6-22)32(44)28-30(41)38-18-46-28/h2-16,18H,17H2,1H3,(H2,37,39). The van der Waals surface area contributed by atoms with E-state index in [2.05, 4.69) is 9.97 Å². The van der Waals surface area contributed by atoms with Crippen LogP contribution in [0.3, 0.4) is 0 Å². The number of aromatic nitrogens is 2. The Hall–Kier alpha value is -4.94. The molecule has 2 N–H and O–H groups in total. The third-order valence-corrected chi connectivity index (χ3v) is 10.2. The van der Waals surface area contributed by atoms with Crippen molar-refractivity contribution in [3.05, 3.63) is 122 Å². The summed E-state index contributed by atoms with van der Waals surface area (Å²) in [4.78, 5) is 45.4. The molecule has 0 unspecified atom stereocenters. The van der Waals surface area contributed by atoms with Crippen molar-refractivity contribution in [1.82, 2.24) is 9.97 Å². The molecular formula is C34H23Cl2N7O2S2. The molecule has 232 valence electrons. The molecule has 0 fully saturated rings. The molecular weight excluding hydrogens is 673 g/mol. The molecule has 0 bridgehead atoms. The molecule has 0 saturated carbocycles. The lowest BCUT2D eigenvalue weighted by Crippen LogP contribution is -2.24. The van der Waals surface area contributed by atoms with Gasteiger partial charge in [-0.15, -0.1) is 11.3 Å². The van der Waals surface area contributed by atoms with Crippen LogP contribution >= 0.6 is 45.9 Å². The van der Waals surface area contributed by atoms with Crippen LogP contribution in [0.2, 0.25) is 10.0 Å². The van der Waals surface area contributed by atoms with Gasteiger partial charge in [0, 0.05) is 35.0 Å². The molecule has 0 radical (unpaired) electrons. The van der Waals surface area contributed by atoms with E-state index in [0.29, 0.717) is 60.2 Å². The van der Waals surface area contributed by atoms with Crippen molar-refractivity contribution < 1.29 is 9.59 Å². The van der Waals surface area contributed by atoms with Gasteiger partial charge in [0.05, 0.1) is 28.3 Å². The van der Waals surface area contributed by atoms with Crippen molar-refractivity contribution in [3.8, 4) is 0 Å². The molecule has 6 aromatic rings. The highest BCUT2D eigenvalue weighted by Gasteiger charge is 2.36. The lowest BCUT2D eigenvalue weighted by molar-refractivity contribution is 0.0996. The summed E-state index contributed by atoms with van der Waals surface area (Å²) < 4.78 is 0. The molecule has 2 aromatic heterocycles. The quantitative estimate of drug-likeness (QED) is 0.196. The topological polar surface area (TPSA) is 98.9 Å². The number of halogens is 2. The van der Waals surface area contributed by atoms with Crippen LogP contribution in [0.25, 0.3) is 0 Å². The number of carbonyl (C=O) groups excluding carboxylic acids is 2. The maximum atomic E-state index is 14.1. The smallest absolute Gasteiger partial charge is 0.276 e. The number of benzene rings is 4. The summed E-state index contributed by atoms with van der Waals surface area (Å²) in [6.07, 6.45) is 0. The van der Waals surface area contributed by atoms with E-state index in [0.717, 1.165) is 34.0 Å². The summed E-state index contributed by atoms with van der Waals surface area (Å²) in [7, 11) is 1.85. The van der Waals surface area contributed by atoms with Crippen molar-refractivity contribution in [2.75, 3.05) is 32.4 Å². The van der Waals surface area contributed by atoms with Crippen LogP contribution < -0.4 is 25.3 Å². The largest absolute Gasteiger partial charge is 0.375 e. The van der Waals surface area contributed by atoms with Gasteiger partial charge in [-0.3, -0.25) is 19.4 Å².